The zero-order chi connectivity index (χ0) is 10.7. The maximum atomic E-state index is 12.9. The lowest BCUT2D eigenvalue weighted by Gasteiger charge is -2.34. The molecule has 0 aromatic rings. The molecule has 0 heterocycles. The molecule has 15 heavy (non-hydrogen) atoms. The quantitative estimate of drug-likeness (QED) is 0.743. The van der Waals surface area contributed by atoms with Gasteiger partial charge >= 0.3 is 0 Å². The lowest BCUT2D eigenvalue weighted by molar-refractivity contribution is 0.137. The van der Waals surface area contributed by atoms with Gasteiger partial charge in [-0.2, -0.15) is 0 Å². The van der Waals surface area contributed by atoms with Crippen LogP contribution in [0.5, 0.6) is 0 Å². The number of rotatable bonds is 2. The molecule has 0 aliphatic heterocycles. The van der Waals surface area contributed by atoms with Crippen LogP contribution in [0.2, 0.25) is 0 Å². The van der Waals surface area contributed by atoms with Crippen LogP contribution in [-0.2, 0) is 0 Å². The minimum atomic E-state index is 0.0929. The van der Waals surface area contributed by atoms with Crippen molar-refractivity contribution in [3.05, 3.63) is 11.9 Å². The summed E-state index contributed by atoms with van der Waals surface area (Å²) in [4.78, 5) is 0. The van der Waals surface area contributed by atoms with Crippen molar-refractivity contribution in [2.24, 2.45) is 17.8 Å². The van der Waals surface area contributed by atoms with Gasteiger partial charge < -0.3 is 5.11 Å². The van der Waals surface area contributed by atoms with Gasteiger partial charge in [-0.05, 0) is 62.7 Å². The number of hydrogen-bond acceptors (Lipinski definition) is 1. The molecule has 1 atom stereocenters. The maximum absolute atomic E-state index is 12.9. The summed E-state index contributed by atoms with van der Waals surface area (Å²) >= 11 is 0. The summed E-state index contributed by atoms with van der Waals surface area (Å²) in [6.07, 6.45) is 9.25. The SMILES string of the molecule is OC[C@H]1CC[C@H](C2CC=C(F)CC2)CC1. The van der Waals surface area contributed by atoms with Crippen molar-refractivity contribution >= 4 is 0 Å². The van der Waals surface area contributed by atoms with Gasteiger partial charge in [0.2, 0.25) is 0 Å². The smallest absolute Gasteiger partial charge is 0.0960 e. The second-order valence-corrected chi connectivity index (χ2v) is 5.15. The molecule has 86 valence electrons. The normalized spacial score (nSPS) is 37.5. The summed E-state index contributed by atoms with van der Waals surface area (Å²) in [5, 5.41) is 9.06. The summed E-state index contributed by atoms with van der Waals surface area (Å²) in [5.41, 5.74) is 0. The van der Waals surface area contributed by atoms with Crippen LogP contribution in [0.25, 0.3) is 0 Å². The highest BCUT2D eigenvalue weighted by atomic mass is 19.1. The van der Waals surface area contributed by atoms with E-state index in [4.69, 9.17) is 5.11 Å². The molecule has 2 rings (SSSR count). The molecule has 1 N–H and O–H groups in total. The molecule has 0 aromatic heterocycles. The number of halogens is 1. The van der Waals surface area contributed by atoms with Gasteiger partial charge in [0.05, 0.1) is 5.83 Å². The molecular formula is C13H21FO. The van der Waals surface area contributed by atoms with Crippen LogP contribution >= 0.6 is 0 Å². The minimum Gasteiger partial charge on any atom is -0.396 e. The molecule has 0 bridgehead atoms. The molecule has 2 heteroatoms. The van der Waals surface area contributed by atoms with Gasteiger partial charge in [-0.25, -0.2) is 4.39 Å². The standard InChI is InChI=1S/C13H21FO/c14-13-7-5-12(6-8-13)11-3-1-10(9-15)2-4-11/h7,10-12,15H,1-6,8-9H2/t10-,11-,12?. The van der Waals surface area contributed by atoms with E-state index in [1.165, 1.54) is 25.7 Å². The van der Waals surface area contributed by atoms with Crippen molar-refractivity contribution in [2.45, 2.75) is 44.9 Å². The summed E-state index contributed by atoms with van der Waals surface area (Å²) in [6.45, 7) is 0.353. The Kier molecular flexibility index (Phi) is 3.79. The first-order chi connectivity index (χ1) is 7.29. The van der Waals surface area contributed by atoms with E-state index < -0.39 is 0 Å². The average Bonchev–Trinajstić information content (AvgIpc) is 2.30. The van der Waals surface area contributed by atoms with Gasteiger partial charge in [-0.1, -0.05) is 6.08 Å². The average molecular weight is 212 g/mol. The highest BCUT2D eigenvalue weighted by Gasteiger charge is 2.28. The van der Waals surface area contributed by atoms with E-state index in [0.717, 1.165) is 18.8 Å². The molecule has 0 saturated heterocycles. The van der Waals surface area contributed by atoms with E-state index in [0.29, 0.717) is 24.9 Å². The Morgan fingerprint density at radius 3 is 2.40 bits per heavy atom. The van der Waals surface area contributed by atoms with Crippen molar-refractivity contribution in [1.82, 2.24) is 0 Å². The van der Waals surface area contributed by atoms with Crippen molar-refractivity contribution in [3.8, 4) is 0 Å². The number of aliphatic hydroxyl groups is 1. The molecule has 0 radical (unpaired) electrons. The van der Waals surface area contributed by atoms with Gasteiger partial charge in [-0.3, -0.25) is 0 Å². The molecule has 2 aliphatic carbocycles. The van der Waals surface area contributed by atoms with Gasteiger partial charge in [0.1, 0.15) is 0 Å². The minimum absolute atomic E-state index is 0.0929. The number of aliphatic hydroxyl groups excluding tert-OH is 1. The third kappa shape index (κ3) is 2.81. The molecule has 1 unspecified atom stereocenters. The fraction of sp³-hybridized carbons (Fsp3) is 0.846. The molecule has 1 nitrogen and oxygen atoms in total. The summed E-state index contributed by atoms with van der Waals surface area (Å²) in [6, 6.07) is 0. The predicted molar refractivity (Wildman–Crippen MR) is 59.1 cm³/mol. The van der Waals surface area contributed by atoms with Crippen LogP contribution in [0.4, 0.5) is 4.39 Å². The van der Waals surface area contributed by atoms with E-state index in [9.17, 15) is 4.39 Å². The maximum Gasteiger partial charge on any atom is 0.0960 e. The fourth-order valence-electron chi connectivity index (χ4n) is 3.09. The summed E-state index contributed by atoms with van der Waals surface area (Å²) in [5.74, 6) is 2.13. The van der Waals surface area contributed by atoms with E-state index in [2.05, 4.69) is 0 Å². The van der Waals surface area contributed by atoms with Gasteiger partial charge in [0, 0.05) is 6.61 Å². The highest BCUT2D eigenvalue weighted by Crippen LogP contribution is 2.39. The molecule has 0 spiro atoms. The van der Waals surface area contributed by atoms with E-state index in [1.54, 1.807) is 6.08 Å². The first-order valence-electron chi connectivity index (χ1n) is 6.25. The van der Waals surface area contributed by atoms with Crippen molar-refractivity contribution in [2.75, 3.05) is 6.61 Å². The lowest BCUT2D eigenvalue weighted by atomic mass is 9.72. The highest BCUT2D eigenvalue weighted by molar-refractivity contribution is 4.99. The Hall–Kier alpha value is -0.370. The van der Waals surface area contributed by atoms with E-state index >= 15 is 0 Å². The van der Waals surface area contributed by atoms with Crippen molar-refractivity contribution in [3.63, 3.8) is 0 Å². The summed E-state index contributed by atoms with van der Waals surface area (Å²) in [7, 11) is 0. The van der Waals surface area contributed by atoms with Gasteiger partial charge in [0.25, 0.3) is 0 Å². The van der Waals surface area contributed by atoms with Crippen LogP contribution in [0.1, 0.15) is 44.9 Å². The van der Waals surface area contributed by atoms with Crippen LogP contribution in [0.15, 0.2) is 11.9 Å². The molecule has 2 aliphatic rings. The second kappa shape index (κ2) is 5.11. The topological polar surface area (TPSA) is 20.2 Å². The van der Waals surface area contributed by atoms with E-state index in [-0.39, 0.29) is 5.83 Å². The van der Waals surface area contributed by atoms with E-state index in [1.807, 2.05) is 0 Å². The zero-order valence-corrected chi connectivity index (χ0v) is 9.29. The summed E-state index contributed by atoms with van der Waals surface area (Å²) < 4.78 is 12.9. The molecule has 1 saturated carbocycles. The first-order valence-corrected chi connectivity index (χ1v) is 6.25. The number of hydrogen-bond donors (Lipinski definition) is 1. The van der Waals surface area contributed by atoms with Crippen molar-refractivity contribution < 1.29 is 9.50 Å². The van der Waals surface area contributed by atoms with Gasteiger partial charge in [-0.15, -0.1) is 0 Å². The molecule has 1 fully saturated rings. The van der Waals surface area contributed by atoms with Crippen molar-refractivity contribution in [1.29, 1.82) is 0 Å². The lowest BCUT2D eigenvalue weighted by Crippen LogP contribution is -2.24. The molecular weight excluding hydrogens is 191 g/mol. The Balaban J connectivity index is 1.81. The van der Waals surface area contributed by atoms with Crippen LogP contribution in [-0.4, -0.2) is 11.7 Å². The first kappa shape index (κ1) is 11.1. The Morgan fingerprint density at radius 1 is 1.13 bits per heavy atom. The third-order valence-corrected chi connectivity index (χ3v) is 4.21. The third-order valence-electron chi connectivity index (χ3n) is 4.21. The predicted octanol–water partition coefficient (Wildman–Crippen LogP) is 3.44. The monoisotopic (exact) mass is 212 g/mol. The molecule has 0 aromatic carbocycles. The van der Waals surface area contributed by atoms with Crippen LogP contribution in [0, 0.1) is 17.8 Å². The van der Waals surface area contributed by atoms with Crippen LogP contribution < -0.4 is 0 Å². The fourth-order valence-corrected chi connectivity index (χ4v) is 3.09. The Labute approximate surface area is 91.4 Å². The largest absolute Gasteiger partial charge is 0.396 e. The number of allylic oxidation sites excluding steroid dienone is 2. The van der Waals surface area contributed by atoms with Gasteiger partial charge in [0.15, 0.2) is 0 Å². The zero-order valence-electron chi connectivity index (χ0n) is 9.29. The Bertz CT molecular complexity index is 229. The Morgan fingerprint density at radius 2 is 1.87 bits per heavy atom. The van der Waals surface area contributed by atoms with Crippen LogP contribution in [0.3, 0.4) is 0 Å². The molecule has 0 amide bonds. The second-order valence-electron chi connectivity index (χ2n) is 5.15.